The Labute approximate surface area is 151 Å². The van der Waals surface area contributed by atoms with Gasteiger partial charge in [0.2, 0.25) is 5.88 Å². The average molecular weight is 351 g/mol. The molecule has 4 rings (SSSR count). The number of pyridine rings is 1. The summed E-state index contributed by atoms with van der Waals surface area (Å²) >= 11 is 0. The summed E-state index contributed by atoms with van der Waals surface area (Å²) in [6.07, 6.45) is 7.03. The molecule has 1 amide bonds. The Morgan fingerprint density at radius 3 is 2.81 bits per heavy atom. The molecule has 0 aliphatic carbocycles. The molecule has 7 heteroatoms. The lowest BCUT2D eigenvalue weighted by molar-refractivity contribution is 0.0706. The number of piperidine rings is 1. The van der Waals surface area contributed by atoms with Gasteiger partial charge in [0.1, 0.15) is 5.56 Å². The zero-order chi connectivity index (χ0) is 17.9. The second-order valence-electron chi connectivity index (χ2n) is 6.33. The summed E-state index contributed by atoms with van der Waals surface area (Å²) in [5.41, 5.74) is 2.55. The maximum absolute atomic E-state index is 12.9. The van der Waals surface area contributed by atoms with E-state index in [1.165, 1.54) is 0 Å². The van der Waals surface area contributed by atoms with Gasteiger partial charge in [-0.3, -0.25) is 4.79 Å². The van der Waals surface area contributed by atoms with E-state index in [9.17, 15) is 4.79 Å². The molecule has 3 aromatic heterocycles. The van der Waals surface area contributed by atoms with Gasteiger partial charge in [-0.05, 0) is 38.0 Å². The number of likely N-dealkylation sites (tertiary alicyclic amines) is 1. The normalized spacial score (nSPS) is 15.3. The van der Waals surface area contributed by atoms with Crippen molar-refractivity contribution in [1.29, 1.82) is 0 Å². The van der Waals surface area contributed by atoms with Crippen molar-refractivity contribution in [3.8, 4) is 5.88 Å². The number of carbonyl (C=O) groups excluding carboxylic acids is 1. The minimum absolute atomic E-state index is 0.0148. The number of carbonyl (C=O) groups is 1. The van der Waals surface area contributed by atoms with Gasteiger partial charge < -0.3 is 9.64 Å². The zero-order valence-electron chi connectivity index (χ0n) is 14.7. The van der Waals surface area contributed by atoms with Crippen LogP contribution in [-0.4, -0.2) is 50.1 Å². The molecule has 0 atom stereocenters. The second kappa shape index (κ2) is 7.11. The van der Waals surface area contributed by atoms with E-state index < -0.39 is 0 Å². The predicted octanol–water partition coefficient (Wildman–Crippen LogP) is 2.54. The van der Waals surface area contributed by atoms with Crippen LogP contribution in [0.5, 0.6) is 5.88 Å². The third kappa shape index (κ3) is 3.00. The number of hydrogen-bond donors (Lipinski definition) is 0. The summed E-state index contributed by atoms with van der Waals surface area (Å²) in [4.78, 5) is 23.3. The molecule has 7 nitrogen and oxygen atoms in total. The molecule has 1 aliphatic heterocycles. The van der Waals surface area contributed by atoms with Crippen LogP contribution in [0.4, 0.5) is 0 Å². The van der Waals surface area contributed by atoms with Crippen molar-refractivity contribution in [3.05, 3.63) is 54.1 Å². The number of ether oxygens (including phenoxy) is 1. The molecule has 1 saturated heterocycles. The van der Waals surface area contributed by atoms with E-state index in [0.717, 1.165) is 24.2 Å². The number of hydrogen-bond acceptors (Lipinski definition) is 5. The van der Waals surface area contributed by atoms with Gasteiger partial charge in [0.05, 0.1) is 12.8 Å². The minimum atomic E-state index is -0.0148. The summed E-state index contributed by atoms with van der Waals surface area (Å²) in [7, 11) is 0. The molecule has 0 spiro atoms. The quantitative estimate of drug-likeness (QED) is 0.722. The Kier molecular flexibility index (Phi) is 4.51. The number of nitrogens with zero attached hydrogens (tertiary/aromatic N) is 5. The lowest BCUT2D eigenvalue weighted by Crippen LogP contribution is -2.38. The van der Waals surface area contributed by atoms with Gasteiger partial charge in [-0.15, -0.1) is 0 Å². The van der Waals surface area contributed by atoms with Crippen molar-refractivity contribution in [3.63, 3.8) is 0 Å². The van der Waals surface area contributed by atoms with Crippen LogP contribution in [0.3, 0.4) is 0 Å². The summed E-state index contributed by atoms with van der Waals surface area (Å²) < 4.78 is 7.40. The minimum Gasteiger partial charge on any atom is -0.477 e. The van der Waals surface area contributed by atoms with Gasteiger partial charge in [-0.25, -0.2) is 14.5 Å². The highest BCUT2D eigenvalue weighted by Crippen LogP contribution is 2.29. The predicted molar refractivity (Wildman–Crippen MR) is 96.3 cm³/mol. The zero-order valence-corrected chi connectivity index (χ0v) is 14.7. The Morgan fingerprint density at radius 1 is 1.15 bits per heavy atom. The van der Waals surface area contributed by atoms with Crippen molar-refractivity contribution < 1.29 is 9.53 Å². The Bertz CT molecular complexity index is 915. The highest BCUT2D eigenvalue weighted by molar-refractivity contribution is 5.96. The van der Waals surface area contributed by atoms with Crippen molar-refractivity contribution >= 4 is 11.6 Å². The molecule has 0 bridgehead atoms. The number of rotatable bonds is 4. The second-order valence-corrected chi connectivity index (χ2v) is 6.33. The lowest BCUT2D eigenvalue weighted by atomic mass is 9.93. The van der Waals surface area contributed by atoms with Gasteiger partial charge in [-0.2, -0.15) is 5.10 Å². The van der Waals surface area contributed by atoms with Crippen molar-refractivity contribution in [1.82, 2.24) is 24.5 Å². The molecule has 4 heterocycles. The SMILES string of the molecule is CCOc1ncccc1C(=O)N1CCC(c2ccnc3ccnn23)CC1. The fourth-order valence-corrected chi connectivity index (χ4v) is 3.52. The first-order valence-electron chi connectivity index (χ1n) is 8.93. The summed E-state index contributed by atoms with van der Waals surface area (Å²) in [5, 5.41) is 4.38. The van der Waals surface area contributed by atoms with Crippen LogP contribution in [0, 0.1) is 0 Å². The van der Waals surface area contributed by atoms with Gasteiger partial charge in [0.25, 0.3) is 5.91 Å². The van der Waals surface area contributed by atoms with Crippen LogP contribution in [0.2, 0.25) is 0 Å². The standard InChI is InChI=1S/C19H21N5O2/c1-2-26-18-15(4-3-9-21-18)19(25)23-12-7-14(8-13-23)16-5-10-20-17-6-11-22-24(16)17/h3-6,9-11,14H,2,7-8,12-13H2,1H3. The van der Waals surface area contributed by atoms with Crippen LogP contribution in [0.1, 0.15) is 41.7 Å². The van der Waals surface area contributed by atoms with Crippen LogP contribution in [-0.2, 0) is 0 Å². The van der Waals surface area contributed by atoms with Gasteiger partial charge in [0.15, 0.2) is 5.65 Å². The molecule has 0 unspecified atom stereocenters. The van der Waals surface area contributed by atoms with E-state index in [1.54, 1.807) is 24.5 Å². The van der Waals surface area contributed by atoms with Crippen molar-refractivity contribution in [2.24, 2.45) is 0 Å². The largest absolute Gasteiger partial charge is 0.477 e. The lowest BCUT2D eigenvalue weighted by Gasteiger charge is -2.32. The average Bonchev–Trinajstić information content (AvgIpc) is 3.17. The molecule has 0 aromatic carbocycles. The number of aromatic nitrogens is 4. The molecular formula is C19H21N5O2. The topological polar surface area (TPSA) is 72.6 Å². The molecular weight excluding hydrogens is 330 g/mol. The Hall–Kier alpha value is -2.96. The first kappa shape index (κ1) is 16.5. The molecule has 1 aliphatic rings. The highest BCUT2D eigenvalue weighted by atomic mass is 16.5. The highest BCUT2D eigenvalue weighted by Gasteiger charge is 2.27. The van der Waals surface area contributed by atoms with E-state index in [4.69, 9.17) is 4.74 Å². The van der Waals surface area contributed by atoms with Crippen LogP contribution in [0.15, 0.2) is 42.9 Å². The molecule has 1 fully saturated rings. The molecule has 0 saturated carbocycles. The molecule has 3 aromatic rings. The molecule has 134 valence electrons. The Morgan fingerprint density at radius 2 is 2.00 bits per heavy atom. The maximum atomic E-state index is 12.9. The van der Waals surface area contributed by atoms with Crippen LogP contribution < -0.4 is 4.74 Å². The van der Waals surface area contributed by atoms with Gasteiger partial charge in [-0.1, -0.05) is 0 Å². The van der Waals surface area contributed by atoms with Crippen LogP contribution >= 0.6 is 0 Å². The van der Waals surface area contributed by atoms with E-state index in [2.05, 4.69) is 15.1 Å². The fourth-order valence-electron chi connectivity index (χ4n) is 3.52. The maximum Gasteiger partial charge on any atom is 0.259 e. The van der Waals surface area contributed by atoms with E-state index in [1.807, 2.05) is 34.7 Å². The fraction of sp³-hybridized carbons (Fsp3) is 0.368. The third-order valence-electron chi connectivity index (χ3n) is 4.80. The van der Waals surface area contributed by atoms with E-state index in [0.29, 0.717) is 37.1 Å². The van der Waals surface area contributed by atoms with E-state index in [-0.39, 0.29) is 5.91 Å². The summed E-state index contributed by atoms with van der Waals surface area (Å²) in [6, 6.07) is 7.48. The number of fused-ring (bicyclic) bond motifs is 1. The first-order valence-corrected chi connectivity index (χ1v) is 8.93. The monoisotopic (exact) mass is 351 g/mol. The first-order chi connectivity index (χ1) is 12.8. The molecule has 0 N–H and O–H groups in total. The summed E-state index contributed by atoms with van der Waals surface area (Å²) in [5.74, 6) is 0.762. The number of amides is 1. The van der Waals surface area contributed by atoms with Crippen LogP contribution in [0.25, 0.3) is 5.65 Å². The summed E-state index contributed by atoms with van der Waals surface area (Å²) in [6.45, 7) is 3.78. The van der Waals surface area contributed by atoms with Gasteiger partial charge in [0, 0.05) is 43.2 Å². The molecule has 26 heavy (non-hydrogen) atoms. The van der Waals surface area contributed by atoms with Crippen molar-refractivity contribution in [2.45, 2.75) is 25.7 Å². The third-order valence-corrected chi connectivity index (χ3v) is 4.80. The Balaban J connectivity index is 1.49. The van der Waals surface area contributed by atoms with Crippen molar-refractivity contribution in [2.75, 3.05) is 19.7 Å². The van der Waals surface area contributed by atoms with Gasteiger partial charge >= 0.3 is 0 Å². The van der Waals surface area contributed by atoms with E-state index >= 15 is 0 Å². The molecule has 0 radical (unpaired) electrons. The smallest absolute Gasteiger partial charge is 0.259 e.